The summed E-state index contributed by atoms with van der Waals surface area (Å²) in [5, 5.41) is 12.4. The number of fused-ring (bicyclic) bond motifs is 2. The molecule has 4 rings (SSSR count). The van der Waals surface area contributed by atoms with Crippen molar-refractivity contribution >= 4 is 28.5 Å². The zero-order valence-corrected chi connectivity index (χ0v) is 16.1. The van der Waals surface area contributed by atoms with E-state index < -0.39 is 5.97 Å². The highest BCUT2D eigenvalue weighted by molar-refractivity contribution is 6.06. The van der Waals surface area contributed by atoms with E-state index in [1.54, 1.807) is 35.8 Å². The number of aromatic carboxylic acids is 1. The van der Waals surface area contributed by atoms with Gasteiger partial charge in [0.15, 0.2) is 0 Å². The number of carbonyl (C=O) groups excluding carboxylic acids is 1. The van der Waals surface area contributed by atoms with E-state index >= 15 is 0 Å². The van der Waals surface area contributed by atoms with Crippen LogP contribution in [-0.2, 0) is 13.0 Å². The molecule has 0 fully saturated rings. The lowest BCUT2D eigenvalue weighted by atomic mass is 10.1. The first kappa shape index (κ1) is 18.9. The topological polar surface area (TPSA) is 101 Å². The molecule has 7 nitrogen and oxygen atoms in total. The molecule has 0 unspecified atom stereocenters. The van der Waals surface area contributed by atoms with Gasteiger partial charge in [-0.3, -0.25) is 14.2 Å². The summed E-state index contributed by atoms with van der Waals surface area (Å²) < 4.78 is 1.75. The van der Waals surface area contributed by atoms with Crippen molar-refractivity contribution in [3.05, 3.63) is 69.3 Å². The van der Waals surface area contributed by atoms with Gasteiger partial charge >= 0.3 is 5.97 Å². The zero-order valence-electron chi connectivity index (χ0n) is 16.1. The van der Waals surface area contributed by atoms with Gasteiger partial charge in [0.25, 0.3) is 11.5 Å². The molecular weight excluding hydrogens is 370 g/mol. The highest BCUT2D eigenvalue weighted by atomic mass is 16.4. The summed E-state index contributed by atoms with van der Waals surface area (Å²) in [4.78, 5) is 41.4. The van der Waals surface area contributed by atoms with E-state index in [1.807, 2.05) is 0 Å². The Hall–Kier alpha value is -3.48. The molecular formula is C22H21N3O4. The average molecular weight is 391 g/mol. The summed E-state index contributed by atoms with van der Waals surface area (Å²) in [5.41, 5.74) is 2.09. The lowest BCUT2D eigenvalue weighted by Gasteiger charge is -2.12. The molecule has 0 atom stereocenters. The predicted octanol–water partition coefficient (Wildman–Crippen LogP) is 3.38. The van der Waals surface area contributed by atoms with Crippen LogP contribution in [-0.4, -0.2) is 26.5 Å². The second-order valence-electron chi connectivity index (χ2n) is 7.32. The number of amides is 1. The third-order valence-corrected chi connectivity index (χ3v) is 5.31. The van der Waals surface area contributed by atoms with E-state index in [0.29, 0.717) is 28.7 Å². The molecule has 1 aliphatic rings. The number of rotatable bonds is 3. The van der Waals surface area contributed by atoms with Crippen LogP contribution in [0.3, 0.4) is 0 Å². The minimum absolute atomic E-state index is 0.0659. The minimum atomic E-state index is -1.06. The largest absolute Gasteiger partial charge is 0.478 e. The standard InChI is InChI=1S/C22H21N3O4/c1-13-6-7-15(22(28)29)12-17(13)24-20(26)14-8-9-16-18(11-14)23-19-5-3-2-4-10-25(19)21(16)27/h6-9,11-12H,2-5,10H2,1H3,(H,24,26)(H,28,29). The fourth-order valence-electron chi connectivity index (χ4n) is 3.64. The van der Waals surface area contributed by atoms with Gasteiger partial charge in [-0.25, -0.2) is 9.78 Å². The first-order valence-electron chi connectivity index (χ1n) is 9.63. The summed E-state index contributed by atoms with van der Waals surface area (Å²) >= 11 is 0. The van der Waals surface area contributed by atoms with Crippen molar-refractivity contribution in [3.8, 4) is 0 Å². The Morgan fingerprint density at radius 2 is 1.86 bits per heavy atom. The van der Waals surface area contributed by atoms with Gasteiger partial charge in [0, 0.05) is 24.2 Å². The van der Waals surface area contributed by atoms with Gasteiger partial charge < -0.3 is 10.4 Å². The molecule has 7 heteroatoms. The quantitative estimate of drug-likeness (QED) is 0.713. The van der Waals surface area contributed by atoms with Gasteiger partial charge in [-0.1, -0.05) is 12.5 Å². The third kappa shape index (κ3) is 3.63. The number of anilines is 1. The summed E-state index contributed by atoms with van der Waals surface area (Å²) in [5.74, 6) is -0.673. The Kier molecular flexibility index (Phi) is 4.88. The lowest BCUT2D eigenvalue weighted by molar-refractivity contribution is 0.0696. The van der Waals surface area contributed by atoms with Crippen LogP contribution in [0.15, 0.2) is 41.2 Å². The van der Waals surface area contributed by atoms with Crippen LogP contribution in [0.4, 0.5) is 5.69 Å². The minimum Gasteiger partial charge on any atom is -0.478 e. The molecule has 0 bridgehead atoms. The van der Waals surface area contributed by atoms with Crippen molar-refractivity contribution in [2.45, 2.75) is 39.2 Å². The van der Waals surface area contributed by atoms with Crippen molar-refractivity contribution in [2.24, 2.45) is 0 Å². The van der Waals surface area contributed by atoms with E-state index in [-0.39, 0.29) is 17.0 Å². The maximum absolute atomic E-state index is 12.8. The van der Waals surface area contributed by atoms with Crippen LogP contribution in [0.25, 0.3) is 10.9 Å². The van der Waals surface area contributed by atoms with Crippen LogP contribution < -0.4 is 10.9 Å². The van der Waals surface area contributed by atoms with E-state index in [0.717, 1.165) is 37.1 Å². The highest BCUT2D eigenvalue weighted by Gasteiger charge is 2.16. The normalized spacial score (nSPS) is 13.6. The van der Waals surface area contributed by atoms with Crippen molar-refractivity contribution in [1.82, 2.24) is 9.55 Å². The number of hydrogen-bond donors (Lipinski definition) is 2. The molecule has 1 amide bonds. The molecule has 2 heterocycles. The fourth-order valence-corrected chi connectivity index (χ4v) is 3.64. The Labute approximate surface area is 167 Å². The van der Waals surface area contributed by atoms with Crippen LogP contribution in [0.5, 0.6) is 0 Å². The second-order valence-corrected chi connectivity index (χ2v) is 7.32. The molecule has 3 aromatic rings. The highest BCUT2D eigenvalue weighted by Crippen LogP contribution is 2.20. The van der Waals surface area contributed by atoms with Crippen molar-refractivity contribution < 1.29 is 14.7 Å². The van der Waals surface area contributed by atoms with Gasteiger partial charge in [-0.05, 0) is 55.7 Å². The first-order chi connectivity index (χ1) is 13.9. The molecule has 1 aromatic heterocycles. The molecule has 0 aliphatic carbocycles. The number of nitrogens with one attached hydrogen (secondary N) is 1. The molecule has 2 N–H and O–H groups in total. The first-order valence-corrected chi connectivity index (χ1v) is 9.63. The summed E-state index contributed by atoms with van der Waals surface area (Å²) in [6.07, 6.45) is 3.79. The molecule has 0 saturated heterocycles. The summed E-state index contributed by atoms with van der Waals surface area (Å²) in [6, 6.07) is 9.43. The molecule has 148 valence electrons. The smallest absolute Gasteiger partial charge is 0.335 e. The number of carboxylic acid groups (broad SMARTS) is 1. The molecule has 2 aromatic carbocycles. The van der Waals surface area contributed by atoms with E-state index in [1.165, 1.54) is 12.1 Å². The third-order valence-electron chi connectivity index (χ3n) is 5.31. The van der Waals surface area contributed by atoms with Crippen LogP contribution in [0.2, 0.25) is 0 Å². The number of carboxylic acids is 1. The van der Waals surface area contributed by atoms with Crippen molar-refractivity contribution in [3.63, 3.8) is 0 Å². The molecule has 29 heavy (non-hydrogen) atoms. The lowest BCUT2D eigenvalue weighted by Crippen LogP contribution is -2.24. The Bertz CT molecular complexity index is 1200. The van der Waals surface area contributed by atoms with E-state index in [4.69, 9.17) is 5.11 Å². The van der Waals surface area contributed by atoms with Crippen LogP contribution >= 0.6 is 0 Å². The number of hydrogen-bond acceptors (Lipinski definition) is 4. The summed E-state index contributed by atoms with van der Waals surface area (Å²) in [7, 11) is 0. The maximum atomic E-state index is 12.8. The van der Waals surface area contributed by atoms with Gasteiger partial charge in [-0.15, -0.1) is 0 Å². The van der Waals surface area contributed by atoms with Gasteiger partial charge in [-0.2, -0.15) is 0 Å². The Morgan fingerprint density at radius 1 is 1.07 bits per heavy atom. The SMILES string of the molecule is Cc1ccc(C(=O)O)cc1NC(=O)c1ccc2c(=O)n3c(nc2c1)CCCCC3. The number of aryl methyl sites for hydroxylation is 2. The van der Waals surface area contributed by atoms with E-state index in [9.17, 15) is 14.4 Å². The van der Waals surface area contributed by atoms with Crippen molar-refractivity contribution in [2.75, 3.05) is 5.32 Å². The maximum Gasteiger partial charge on any atom is 0.335 e. The van der Waals surface area contributed by atoms with Gasteiger partial charge in [0.2, 0.25) is 0 Å². The van der Waals surface area contributed by atoms with Gasteiger partial charge in [0.05, 0.1) is 16.5 Å². The van der Waals surface area contributed by atoms with Gasteiger partial charge in [0.1, 0.15) is 5.82 Å². The summed E-state index contributed by atoms with van der Waals surface area (Å²) in [6.45, 7) is 2.47. The molecule has 0 saturated carbocycles. The molecule has 0 spiro atoms. The second kappa shape index (κ2) is 7.50. The zero-order chi connectivity index (χ0) is 20.5. The Morgan fingerprint density at radius 3 is 2.66 bits per heavy atom. The molecule has 1 aliphatic heterocycles. The van der Waals surface area contributed by atoms with Crippen molar-refractivity contribution in [1.29, 1.82) is 0 Å². The average Bonchev–Trinajstić information content (AvgIpc) is 2.95. The predicted molar refractivity (Wildman–Crippen MR) is 110 cm³/mol. The number of aromatic nitrogens is 2. The Balaban J connectivity index is 1.69. The number of benzene rings is 2. The number of carbonyl (C=O) groups is 2. The van der Waals surface area contributed by atoms with Crippen LogP contribution in [0, 0.1) is 6.92 Å². The van der Waals surface area contributed by atoms with E-state index in [2.05, 4.69) is 10.3 Å². The number of nitrogens with zero attached hydrogens (tertiary/aromatic N) is 2. The fraction of sp³-hybridized carbons (Fsp3) is 0.273. The van der Waals surface area contributed by atoms with Crippen LogP contribution in [0.1, 0.15) is 51.4 Å². The molecule has 0 radical (unpaired) electrons. The monoisotopic (exact) mass is 391 g/mol.